The van der Waals surface area contributed by atoms with Crippen LogP contribution in [-0.4, -0.2) is 17.5 Å². The van der Waals surface area contributed by atoms with E-state index >= 15 is 0 Å². The Morgan fingerprint density at radius 1 is 1.47 bits per heavy atom. The third kappa shape index (κ3) is 3.18. The van der Waals surface area contributed by atoms with Crippen molar-refractivity contribution >= 4 is 11.8 Å². The highest BCUT2D eigenvalue weighted by molar-refractivity contribution is 7.99. The molecule has 1 fully saturated rings. The van der Waals surface area contributed by atoms with E-state index in [-0.39, 0.29) is 11.9 Å². The maximum Gasteiger partial charge on any atom is 0.126 e. The fourth-order valence-electron chi connectivity index (χ4n) is 2.17. The number of benzene rings is 1. The van der Waals surface area contributed by atoms with Gasteiger partial charge in [0.1, 0.15) is 11.6 Å². The van der Waals surface area contributed by atoms with E-state index in [9.17, 15) is 8.78 Å². The van der Waals surface area contributed by atoms with E-state index in [1.165, 1.54) is 12.1 Å². The molecule has 0 aliphatic carbocycles. The van der Waals surface area contributed by atoms with Gasteiger partial charge in [0.15, 0.2) is 0 Å². The Morgan fingerprint density at radius 2 is 2.29 bits per heavy atom. The van der Waals surface area contributed by atoms with Crippen molar-refractivity contribution in [3.63, 3.8) is 0 Å². The standard InChI is InChI=1S/C12H16F2N2S/c13-10-1-2-11(14)9(5-10)6-12(16-15)8-3-4-17-7-8/h1-2,5,8,12,16H,3-4,6-7,15H2. The topological polar surface area (TPSA) is 38.0 Å². The molecule has 0 spiro atoms. The second kappa shape index (κ2) is 5.80. The van der Waals surface area contributed by atoms with Crippen LogP contribution in [0.15, 0.2) is 18.2 Å². The molecule has 5 heteroatoms. The molecule has 0 amide bonds. The van der Waals surface area contributed by atoms with Gasteiger partial charge in [-0.3, -0.25) is 11.3 Å². The summed E-state index contributed by atoms with van der Waals surface area (Å²) < 4.78 is 26.6. The minimum Gasteiger partial charge on any atom is -0.271 e. The van der Waals surface area contributed by atoms with Gasteiger partial charge in [-0.2, -0.15) is 11.8 Å². The van der Waals surface area contributed by atoms with E-state index in [0.717, 1.165) is 24.0 Å². The van der Waals surface area contributed by atoms with Crippen molar-refractivity contribution in [2.24, 2.45) is 11.8 Å². The first-order chi connectivity index (χ1) is 8.20. The van der Waals surface area contributed by atoms with Crippen molar-refractivity contribution in [1.29, 1.82) is 0 Å². The molecule has 0 bridgehead atoms. The third-order valence-corrected chi connectivity index (χ3v) is 4.38. The zero-order valence-electron chi connectivity index (χ0n) is 9.46. The van der Waals surface area contributed by atoms with Crippen LogP contribution in [0.1, 0.15) is 12.0 Å². The van der Waals surface area contributed by atoms with Crippen molar-refractivity contribution in [2.75, 3.05) is 11.5 Å². The number of nitrogens with two attached hydrogens (primary N) is 1. The van der Waals surface area contributed by atoms with Crippen LogP contribution in [-0.2, 0) is 6.42 Å². The van der Waals surface area contributed by atoms with Gasteiger partial charge in [0.2, 0.25) is 0 Å². The Balaban J connectivity index is 2.09. The summed E-state index contributed by atoms with van der Waals surface area (Å²) in [4.78, 5) is 0. The molecule has 0 aromatic heterocycles. The first-order valence-corrected chi connectivity index (χ1v) is 6.84. The van der Waals surface area contributed by atoms with Gasteiger partial charge in [-0.1, -0.05) is 0 Å². The fraction of sp³-hybridized carbons (Fsp3) is 0.500. The lowest BCUT2D eigenvalue weighted by molar-refractivity contribution is 0.381. The number of halogens is 2. The first kappa shape index (κ1) is 12.8. The molecular weight excluding hydrogens is 242 g/mol. The molecule has 1 aromatic carbocycles. The van der Waals surface area contributed by atoms with E-state index in [0.29, 0.717) is 17.9 Å². The second-order valence-electron chi connectivity index (χ2n) is 4.34. The van der Waals surface area contributed by atoms with E-state index in [2.05, 4.69) is 5.43 Å². The van der Waals surface area contributed by atoms with Crippen molar-refractivity contribution in [3.8, 4) is 0 Å². The number of nitrogens with one attached hydrogen (secondary N) is 1. The number of thioether (sulfide) groups is 1. The highest BCUT2D eigenvalue weighted by atomic mass is 32.2. The summed E-state index contributed by atoms with van der Waals surface area (Å²) in [7, 11) is 0. The summed E-state index contributed by atoms with van der Waals surface area (Å²) in [6, 6.07) is 3.57. The average molecular weight is 258 g/mol. The SMILES string of the molecule is NNC(Cc1cc(F)ccc1F)C1CCSC1. The van der Waals surface area contributed by atoms with Crippen LogP contribution in [0.2, 0.25) is 0 Å². The van der Waals surface area contributed by atoms with E-state index in [1.807, 2.05) is 11.8 Å². The number of hydrogen-bond donors (Lipinski definition) is 2. The van der Waals surface area contributed by atoms with Crippen molar-refractivity contribution < 1.29 is 8.78 Å². The smallest absolute Gasteiger partial charge is 0.126 e. The van der Waals surface area contributed by atoms with Crippen molar-refractivity contribution in [3.05, 3.63) is 35.4 Å². The minimum atomic E-state index is -0.405. The van der Waals surface area contributed by atoms with Gasteiger partial charge >= 0.3 is 0 Å². The van der Waals surface area contributed by atoms with Gasteiger partial charge in [0, 0.05) is 6.04 Å². The Kier molecular flexibility index (Phi) is 4.36. The summed E-state index contributed by atoms with van der Waals surface area (Å²) in [5.41, 5.74) is 3.13. The summed E-state index contributed by atoms with van der Waals surface area (Å²) in [5.74, 6) is 7.34. The molecule has 0 saturated carbocycles. The van der Waals surface area contributed by atoms with Crippen LogP contribution in [0.4, 0.5) is 8.78 Å². The van der Waals surface area contributed by atoms with Gasteiger partial charge in [-0.15, -0.1) is 0 Å². The Labute approximate surface area is 104 Å². The van der Waals surface area contributed by atoms with E-state index in [1.54, 1.807) is 0 Å². The molecule has 2 rings (SSSR count). The lowest BCUT2D eigenvalue weighted by Crippen LogP contribution is -2.42. The summed E-state index contributed by atoms with van der Waals surface area (Å²) in [5, 5.41) is 0. The van der Waals surface area contributed by atoms with Gasteiger partial charge in [0.25, 0.3) is 0 Å². The Bertz CT molecular complexity index is 381. The van der Waals surface area contributed by atoms with Gasteiger partial charge in [0.05, 0.1) is 0 Å². The summed E-state index contributed by atoms with van der Waals surface area (Å²) >= 11 is 1.88. The molecule has 1 aliphatic heterocycles. The monoisotopic (exact) mass is 258 g/mol. The summed E-state index contributed by atoms with van der Waals surface area (Å²) in [6.07, 6.45) is 1.52. The molecule has 1 aliphatic rings. The van der Waals surface area contributed by atoms with Crippen molar-refractivity contribution in [1.82, 2.24) is 5.43 Å². The second-order valence-corrected chi connectivity index (χ2v) is 5.49. The molecule has 2 atom stereocenters. The predicted octanol–water partition coefficient (Wildman–Crippen LogP) is 2.09. The Hall–Kier alpha value is -0.650. The lowest BCUT2D eigenvalue weighted by atomic mass is 9.93. The summed E-state index contributed by atoms with van der Waals surface area (Å²) in [6.45, 7) is 0. The molecule has 17 heavy (non-hydrogen) atoms. The van der Waals surface area contributed by atoms with E-state index in [4.69, 9.17) is 5.84 Å². The highest BCUT2D eigenvalue weighted by Gasteiger charge is 2.25. The van der Waals surface area contributed by atoms with Crippen LogP contribution >= 0.6 is 11.8 Å². The Morgan fingerprint density at radius 3 is 2.94 bits per heavy atom. The molecule has 2 nitrogen and oxygen atoms in total. The zero-order chi connectivity index (χ0) is 12.3. The van der Waals surface area contributed by atoms with Crippen LogP contribution in [0.3, 0.4) is 0 Å². The third-order valence-electron chi connectivity index (χ3n) is 3.20. The zero-order valence-corrected chi connectivity index (χ0v) is 10.3. The van der Waals surface area contributed by atoms with Crippen LogP contribution < -0.4 is 11.3 Å². The largest absolute Gasteiger partial charge is 0.271 e. The molecular formula is C12H16F2N2S. The maximum atomic E-state index is 13.5. The minimum absolute atomic E-state index is 0.0151. The highest BCUT2D eigenvalue weighted by Crippen LogP contribution is 2.28. The van der Waals surface area contributed by atoms with Crippen LogP contribution in [0.25, 0.3) is 0 Å². The van der Waals surface area contributed by atoms with Gasteiger partial charge in [-0.25, -0.2) is 8.78 Å². The van der Waals surface area contributed by atoms with Crippen molar-refractivity contribution in [2.45, 2.75) is 18.9 Å². The molecule has 2 unspecified atom stereocenters. The molecule has 1 aromatic rings. The average Bonchev–Trinajstić information content (AvgIpc) is 2.84. The molecule has 0 radical (unpaired) electrons. The first-order valence-electron chi connectivity index (χ1n) is 5.68. The maximum absolute atomic E-state index is 13.5. The van der Waals surface area contributed by atoms with Gasteiger partial charge < -0.3 is 0 Å². The predicted molar refractivity (Wildman–Crippen MR) is 66.6 cm³/mol. The number of hydrogen-bond acceptors (Lipinski definition) is 3. The molecule has 1 saturated heterocycles. The number of hydrazine groups is 1. The molecule has 3 N–H and O–H groups in total. The lowest BCUT2D eigenvalue weighted by Gasteiger charge is -2.22. The quantitative estimate of drug-likeness (QED) is 0.641. The molecule has 94 valence electrons. The van der Waals surface area contributed by atoms with Gasteiger partial charge in [-0.05, 0) is 54.0 Å². The van der Waals surface area contributed by atoms with E-state index < -0.39 is 5.82 Å². The van der Waals surface area contributed by atoms with Crippen LogP contribution in [0, 0.1) is 17.6 Å². The number of rotatable bonds is 4. The fourth-order valence-corrected chi connectivity index (χ4v) is 3.51. The normalized spacial score (nSPS) is 21.7. The molecule has 1 heterocycles. The van der Waals surface area contributed by atoms with Crippen LogP contribution in [0.5, 0.6) is 0 Å².